The second kappa shape index (κ2) is 10.9. The molecule has 19 heavy (non-hydrogen) atoms. The number of carbonyl (C=O) groups is 1. The Bertz CT molecular complexity index is 264. The van der Waals surface area contributed by atoms with Crippen molar-refractivity contribution in [1.29, 1.82) is 0 Å². The average molecular weight is 276 g/mol. The maximum atomic E-state index is 10.7. The number of ether oxygens (including phenoxy) is 1. The number of rotatable bonds is 12. The van der Waals surface area contributed by atoms with Crippen LogP contribution in [0.5, 0.6) is 0 Å². The van der Waals surface area contributed by atoms with Gasteiger partial charge in [-0.15, -0.1) is 0 Å². The van der Waals surface area contributed by atoms with Crippen LogP contribution in [0.3, 0.4) is 0 Å². The summed E-state index contributed by atoms with van der Waals surface area (Å²) in [6.45, 7) is 1.17. The monoisotopic (exact) mass is 276 g/mol. The van der Waals surface area contributed by atoms with Crippen molar-refractivity contribution in [3.05, 3.63) is 12.2 Å². The van der Waals surface area contributed by atoms with E-state index in [9.17, 15) is 15.0 Å². The van der Waals surface area contributed by atoms with Gasteiger partial charge in [-0.25, -0.2) is 9.28 Å². The summed E-state index contributed by atoms with van der Waals surface area (Å²) in [5, 5.41) is 27.1. The molecule has 0 aromatic carbocycles. The maximum Gasteiger partial charge on any atom is 0.359 e. The number of aliphatic carboxylic acids is 1. The number of carboxylic acids is 1. The van der Waals surface area contributed by atoms with E-state index in [2.05, 4.69) is 6.92 Å². The third-order valence-electron chi connectivity index (χ3n) is 2.79. The molecule has 3 N–H and O–H groups in total. The van der Waals surface area contributed by atoms with Crippen LogP contribution in [0.4, 0.5) is 0 Å². The van der Waals surface area contributed by atoms with Crippen molar-refractivity contribution in [2.75, 3.05) is 33.3 Å². The summed E-state index contributed by atoms with van der Waals surface area (Å²) in [4.78, 5) is 10.7. The van der Waals surface area contributed by atoms with Gasteiger partial charge in [0.05, 0.1) is 6.61 Å². The summed E-state index contributed by atoms with van der Waals surface area (Å²) in [5.41, 5.74) is 0. The molecule has 6 heteroatoms. The van der Waals surface area contributed by atoms with Crippen molar-refractivity contribution in [2.45, 2.75) is 32.6 Å². The van der Waals surface area contributed by atoms with Crippen molar-refractivity contribution in [3.8, 4) is 0 Å². The van der Waals surface area contributed by atoms with E-state index in [0.29, 0.717) is 6.61 Å². The first kappa shape index (κ1) is 18.0. The van der Waals surface area contributed by atoms with Gasteiger partial charge in [-0.3, -0.25) is 0 Å². The molecule has 0 amide bonds. The van der Waals surface area contributed by atoms with Crippen LogP contribution in [0.1, 0.15) is 32.6 Å². The van der Waals surface area contributed by atoms with Gasteiger partial charge in [0.2, 0.25) is 0 Å². The van der Waals surface area contributed by atoms with E-state index >= 15 is 0 Å². The molecule has 0 aliphatic heterocycles. The summed E-state index contributed by atoms with van der Waals surface area (Å²) < 4.78 is 4.89. The first-order valence-corrected chi connectivity index (χ1v) is 6.61. The topological polar surface area (TPSA) is 87.0 Å². The Morgan fingerprint density at radius 3 is 2.42 bits per heavy atom. The molecule has 0 radical (unpaired) electrons. The number of hydrogen-bond donors (Lipinski definition) is 3. The number of allylic oxidation sites excluding steroid dienone is 1. The fourth-order valence-electron chi connectivity index (χ4n) is 1.57. The number of quaternary nitrogens is 1. The lowest BCUT2D eigenvalue weighted by molar-refractivity contribution is -0.971. The van der Waals surface area contributed by atoms with Gasteiger partial charge in [0.1, 0.15) is 0 Å². The van der Waals surface area contributed by atoms with Gasteiger partial charge in [-0.2, -0.15) is 0 Å². The Labute approximate surface area is 114 Å². The number of aliphatic hydroxyl groups is 2. The summed E-state index contributed by atoms with van der Waals surface area (Å²) >= 11 is 0. The molecule has 112 valence electrons. The maximum absolute atomic E-state index is 10.7. The molecule has 0 bridgehead atoms. The van der Waals surface area contributed by atoms with Crippen LogP contribution in [-0.4, -0.2) is 59.1 Å². The van der Waals surface area contributed by atoms with Crippen LogP contribution < -0.4 is 0 Å². The van der Waals surface area contributed by atoms with Crippen molar-refractivity contribution in [1.82, 2.24) is 0 Å². The molecule has 0 rings (SSSR count). The number of hydrogen-bond acceptors (Lipinski definition) is 4. The zero-order valence-corrected chi connectivity index (χ0v) is 11.6. The third kappa shape index (κ3) is 8.72. The zero-order chi connectivity index (χ0) is 14.6. The molecule has 0 heterocycles. The first-order chi connectivity index (χ1) is 9.10. The van der Waals surface area contributed by atoms with Gasteiger partial charge in [0, 0.05) is 0 Å². The lowest BCUT2D eigenvalue weighted by Crippen LogP contribution is -2.53. The number of aliphatic hydroxyl groups excluding tert-OH is 2. The first-order valence-electron chi connectivity index (χ1n) is 6.61. The highest BCUT2D eigenvalue weighted by Crippen LogP contribution is 2.05. The smallest absolute Gasteiger partial charge is 0.359 e. The van der Waals surface area contributed by atoms with Gasteiger partial charge in [-0.1, -0.05) is 31.9 Å². The summed E-state index contributed by atoms with van der Waals surface area (Å²) in [7, 11) is 0. The fourth-order valence-corrected chi connectivity index (χ4v) is 1.57. The van der Waals surface area contributed by atoms with Crippen LogP contribution in [0, 0.1) is 0 Å². The molecule has 0 aromatic heterocycles. The number of carboxylic acid groups (broad SMARTS) is 1. The Morgan fingerprint density at radius 1 is 1.21 bits per heavy atom. The molecule has 6 nitrogen and oxygen atoms in total. The standard InChI is InChI=1S/C13H25NO5/c1-2-3-4-5-6-7-8-19-12-14(10-15,11-16)9-13(17)18/h6-7,15-16H,2-5,8-12H2,1H3/p+1/b7-6+. The van der Waals surface area contributed by atoms with E-state index in [1.807, 2.05) is 12.2 Å². The third-order valence-corrected chi connectivity index (χ3v) is 2.79. The summed E-state index contributed by atoms with van der Waals surface area (Å²) in [5.74, 6) is -1.08. The Morgan fingerprint density at radius 2 is 1.89 bits per heavy atom. The number of nitrogens with zero attached hydrogens (tertiary/aromatic N) is 1. The minimum absolute atomic E-state index is 0.0292. The van der Waals surface area contributed by atoms with E-state index in [1.54, 1.807) is 0 Å². The Hall–Kier alpha value is -0.950. The predicted octanol–water partition coefficient (Wildman–Crippen LogP) is 0.898. The highest BCUT2D eigenvalue weighted by molar-refractivity contribution is 5.67. The quantitative estimate of drug-likeness (QED) is 0.213. The molecule has 0 spiro atoms. The zero-order valence-electron chi connectivity index (χ0n) is 11.6. The van der Waals surface area contributed by atoms with Crippen molar-refractivity contribution < 1.29 is 29.3 Å². The molecule has 0 aromatic rings. The van der Waals surface area contributed by atoms with Gasteiger partial charge < -0.3 is 20.1 Å². The van der Waals surface area contributed by atoms with Gasteiger partial charge in [0.25, 0.3) is 0 Å². The van der Waals surface area contributed by atoms with Crippen LogP contribution in [0.2, 0.25) is 0 Å². The van der Waals surface area contributed by atoms with Crippen molar-refractivity contribution in [3.63, 3.8) is 0 Å². The molecule has 0 unspecified atom stereocenters. The summed E-state index contributed by atoms with van der Waals surface area (Å²) in [6.07, 6.45) is 8.45. The van der Waals surface area contributed by atoms with Crippen molar-refractivity contribution >= 4 is 5.97 Å². The highest BCUT2D eigenvalue weighted by atomic mass is 16.5. The van der Waals surface area contributed by atoms with E-state index in [0.717, 1.165) is 12.8 Å². The largest absolute Gasteiger partial charge is 0.477 e. The molecular weight excluding hydrogens is 250 g/mol. The normalized spacial score (nSPS) is 12.2. The molecule has 0 atom stereocenters. The Balaban J connectivity index is 3.90. The Kier molecular flexibility index (Phi) is 10.4. The van der Waals surface area contributed by atoms with Crippen LogP contribution in [0.15, 0.2) is 12.2 Å². The minimum atomic E-state index is -1.08. The van der Waals surface area contributed by atoms with E-state index in [1.165, 1.54) is 12.8 Å². The van der Waals surface area contributed by atoms with Crippen LogP contribution in [0.25, 0.3) is 0 Å². The SMILES string of the molecule is CCCCC/C=C/COC[N+](CO)(CO)CC(=O)O. The van der Waals surface area contributed by atoms with E-state index in [4.69, 9.17) is 9.84 Å². The lowest BCUT2D eigenvalue weighted by Gasteiger charge is -2.31. The van der Waals surface area contributed by atoms with Gasteiger partial charge in [0.15, 0.2) is 26.7 Å². The second-order valence-corrected chi connectivity index (χ2v) is 4.64. The molecule has 0 aliphatic rings. The van der Waals surface area contributed by atoms with Gasteiger partial charge in [-0.05, 0) is 12.8 Å². The summed E-state index contributed by atoms with van der Waals surface area (Å²) in [6, 6.07) is 0. The second-order valence-electron chi connectivity index (χ2n) is 4.64. The lowest BCUT2D eigenvalue weighted by atomic mass is 10.2. The average Bonchev–Trinajstić information content (AvgIpc) is 2.40. The number of unbranched alkanes of at least 4 members (excludes halogenated alkanes) is 3. The molecular formula is C13H26NO5+. The highest BCUT2D eigenvalue weighted by Gasteiger charge is 2.29. The van der Waals surface area contributed by atoms with E-state index < -0.39 is 23.9 Å². The van der Waals surface area contributed by atoms with Crippen LogP contribution in [-0.2, 0) is 9.53 Å². The molecule has 0 aliphatic carbocycles. The van der Waals surface area contributed by atoms with Gasteiger partial charge >= 0.3 is 5.97 Å². The van der Waals surface area contributed by atoms with Crippen LogP contribution >= 0.6 is 0 Å². The van der Waals surface area contributed by atoms with E-state index in [-0.39, 0.29) is 13.3 Å². The molecule has 0 fully saturated rings. The minimum Gasteiger partial charge on any atom is -0.477 e. The fraction of sp³-hybridized carbons (Fsp3) is 0.769. The molecule has 0 saturated heterocycles. The predicted molar refractivity (Wildman–Crippen MR) is 71.0 cm³/mol. The van der Waals surface area contributed by atoms with Crippen molar-refractivity contribution in [2.24, 2.45) is 0 Å². The molecule has 0 saturated carbocycles.